The lowest BCUT2D eigenvalue weighted by atomic mass is 10.3. The number of nitrogens with one attached hydrogen (secondary N) is 1. The summed E-state index contributed by atoms with van der Waals surface area (Å²) in [6, 6.07) is 0. The summed E-state index contributed by atoms with van der Waals surface area (Å²) in [4.78, 5) is 8.43. The number of aryl methyl sites for hydroxylation is 1. The van der Waals surface area contributed by atoms with Crippen LogP contribution in [0.15, 0.2) is 16.2 Å². The highest BCUT2D eigenvalue weighted by atomic mass is 32.1. The molecule has 0 aromatic carbocycles. The van der Waals surface area contributed by atoms with Gasteiger partial charge in [0.15, 0.2) is 6.33 Å². The van der Waals surface area contributed by atoms with Gasteiger partial charge in [-0.25, -0.2) is 4.98 Å². The van der Waals surface area contributed by atoms with Crippen LogP contribution in [0.25, 0.3) is 10.6 Å². The molecule has 3 aromatic rings. The smallest absolute Gasteiger partial charge is 0.228 e. The summed E-state index contributed by atoms with van der Waals surface area (Å²) in [5, 5.41) is 10.7. The Labute approximate surface area is 123 Å². The van der Waals surface area contributed by atoms with Gasteiger partial charge < -0.3 is 15.6 Å². The zero-order chi connectivity index (χ0) is 13.9. The molecule has 0 fully saturated rings. The zero-order valence-corrected chi connectivity index (χ0v) is 12.3. The van der Waals surface area contributed by atoms with Crippen LogP contribution in [0.1, 0.15) is 11.6 Å². The van der Waals surface area contributed by atoms with Gasteiger partial charge in [0.1, 0.15) is 15.8 Å². The Kier molecular flexibility index (Phi) is 3.61. The van der Waals surface area contributed by atoms with E-state index < -0.39 is 0 Å². The van der Waals surface area contributed by atoms with Crippen molar-refractivity contribution in [2.45, 2.75) is 13.3 Å². The van der Waals surface area contributed by atoms with Crippen molar-refractivity contribution < 1.29 is 4.52 Å². The lowest BCUT2D eigenvalue weighted by Crippen LogP contribution is -2.04. The van der Waals surface area contributed by atoms with E-state index in [2.05, 4.69) is 24.8 Å². The third kappa shape index (κ3) is 2.63. The van der Waals surface area contributed by atoms with Gasteiger partial charge >= 0.3 is 0 Å². The van der Waals surface area contributed by atoms with E-state index in [4.69, 9.17) is 10.3 Å². The quantitative estimate of drug-likeness (QED) is 0.744. The minimum Gasteiger partial charge on any atom is -0.382 e. The molecule has 3 N–H and O–H groups in total. The third-order valence-electron chi connectivity index (χ3n) is 2.58. The van der Waals surface area contributed by atoms with Crippen molar-refractivity contribution >= 4 is 33.7 Å². The highest BCUT2D eigenvalue weighted by Gasteiger charge is 2.16. The van der Waals surface area contributed by atoms with E-state index in [1.54, 1.807) is 11.3 Å². The highest BCUT2D eigenvalue weighted by molar-refractivity contribution is 7.15. The average molecular weight is 308 g/mol. The van der Waals surface area contributed by atoms with E-state index in [-0.39, 0.29) is 0 Å². The fourth-order valence-corrected chi connectivity index (χ4v) is 3.35. The van der Waals surface area contributed by atoms with E-state index in [0.29, 0.717) is 24.7 Å². The minimum atomic E-state index is 0.504. The molecule has 0 saturated heterocycles. The number of rotatable bonds is 5. The molecule has 0 bridgehead atoms. The molecule has 0 amide bonds. The van der Waals surface area contributed by atoms with Crippen molar-refractivity contribution in [1.29, 1.82) is 0 Å². The molecule has 20 heavy (non-hydrogen) atoms. The second kappa shape index (κ2) is 5.55. The monoisotopic (exact) mass is 308 g/mol. The standard InChI is InChI=1S/C11H12N6OS2/c1-6-4-19-11(16-6)8-9(12)17-20-10(8)13-3-2-7-14-5-15-18-7/h4-5,13H,2-3H2,1H3,(H2,12,17). The Balaban J connectivity index is 1.74. The molecular weight excluding hydrogens is 296 g/mol. The Hall–Kier alpha value is -2.00. The minimum absolute atomic E-state index is 0.504. The van der Waals surface area contributed by atoms with Crippen LogP contribution in [0.2, 0.25) is 0 Å². The van der Waals surface area contributed by atoms with Crippen molar-refractivity contribution in [3.05, 3.63) is 23.3 Å². The summed E-state index contributed by atoms with van der Waals surface area (Å²) in [5.74, 6) is 1.10. The second-order valence-corrected chi connectivity index (χ2v) is 5.71. The van der Waals surface area contributed by atoms with Crippen LogP contribution in [-0.2, 0) is 6.42 Å². The normalized spacial score (nSPS) is 10.8. The van der Waals surface area contributed by atoms with E-state index in [0.717, 1.165) is 21.3 Å². The summed E-state index contributed by atoms with van der Waals surface area (Å²) < 4.78 is 9.14. The molecule has 9 heteroatoms. The van der Waals surface area contributed by atoms with Crippen molar-refractivity contribution in [2.75, 3.05) is 17.6 Å². The van der Waals surface area contributed by atoms with Crippen molar-refractivity contribution in [1.82, 2.24) is 19.5 Å². The van der Waals surface area contributed by atoms with Gasteiger partial charge in [0.2, 0.25) is 5.89 Å². The molecule has 3 rings (SSSR count). The lowest BCUT2D eigenvalue weighted by Gasteiger charge is -2.03. The predicted octanol–water partition coefficient (Wildman–Crippen LogP) is 2.19. The topological polar surface area (TPSA) is 103 Å². The van der Waals surface area contributed by atoms with Gasteiger partial charge in [-0.3, -0.25) is 0 Å². The van der Waals surface area contributed by atoms with E-state index in [1.807, 2.05) is 12.3 Å². The molecule has 0 aliphatic rings. The summed E-state index contributed by atoms with van der Waals surface area (Å²) >= 11 is 2.89. The fraction of sp³-hybridized carbons (Fsp3) is 0.273. The third-order valence-corrected chi connectivity index (χ3v) is 4.38. The molecule has 104 valence electrons. The summed E-state index contributed by atoms with van der Waals surface area (Å²) in [7, 11) is 0. The van der Waals surface area contributed by atoms with E-state index >= 15 is 0 Å². The van der Waals surface area contributed by atoms with Gasteiger partial charge in [-0.1, -0.05) is 5.16 Å². The SMILES string of the molecule is Cc1csc(-c2c(N)nsc2NCCc2ncno2)n1. The molecule has 3 heterocycles. The van der Waals surface area contributed by atoms with Crippen LogP contribution in [0, 0.1) is 6.92 Å². The fourth-order valence-electron chi connectivity index (χ4n) is 1.69. The number of nitrogens with zero attached hydrogens (tertiary/aromatic N) is 4. The summed E-state index contributed by atoms with van der Waals surface area (Å²) in [5.41, 5.74) is 7.79. The van der Waals surface area contributed by atoms with Crippen LogP contribution < -0.4 is 11.1 Å². The maximum absolute atomic E-state index is 5.93. The number of anilines is 2. The first-order chi connectivity index (χ1) is 9.74. The van der Waals surface area contributed by atoms with Crippen molar-refractivity contribution in [3.8, 4) is 10.6 Å². The van der Waals surface area contributed by atoms with Crippen molar-refractivity contribution in [2.24, 2.45) is 0 Å². The molecular formula is C11H12N6OS2. The predicted molar refractivity (Wildman–Crippen MR) is 78.9 cm³/mol. The number of hydrogen-bond acceptors (Lipinski definition) is 9. The van der Waals surface area contributed by atoms with Gasteiger partial charge in [0.25, 0.3) is 0 Å². The van der Waals surface area contributed by atoms with Gasteiger partial charge in [-0.2, -0.15) is 9.36 Å². The Bertz CT molecular complexity index is 690. The van der Waals surface area contributed by atoms with Crippen LogP contribution in [0.5, 0.6) is 0 Å². The van der Waals surface area contributed by atoms with Gasteiger partial charge in [0.05, 0.1) is 5.56 Å². The largest absolute Gasteiger partial charge is 0.382 e. The average Bonchev–Trinajstić information content (AvgIpc) is 3.12. The number of thiazole rings is 1. The first-order valence-electron chi connectivity index (χ1n) is 5.91. The molecule has 0 spiro atoms. The van der Waals surface area contributed by atoms with Crippen LogP contribution in [-0.4, -0.2) is 26.0 Å². The molecule has 0 unspecified atom stereocenters. The number of nitrogen functional groups attached to an aromatic ring is 1. The maximum Gasteiger partial charge on any atom is 0.228 e. The molecule has 0 radical (unpaired) electrons. The van der Waals surface area contributed by atoms with Crippen molar-refractivity contribution in [3.63, 3.8) is 0 Å². The molecule has 7 nitrogen and oxygen atoms in total. The van der Waals surface area contributed by atoms with Gasteiger partial charge in [-0.05, 0) is 18.5 Å². The molecule has 3 aromatic heterocycles. The number of aromatic nitrogens is 4. The molecule has 0 atom stereocenters. The summed E-state index contributed by atoms with van der Waals surface area (Å²) in [6.45, 7) is 2.62. The number of nitrogens with two attached hydrogens (primary N) is 1. The van der Waals surface area contributed by atoms with E-state index in [9.17, 15) is 0 Å². The first-order valence-corrected chi connectivity index (χ1v) is 7.56. The number of hydrogen-bond donors (Lipinski definition) is 2. The Morgan fingerprint density at radius 3 is 3.05 bits per heavy atom. The Morgan fingerprint density at radius 1 is 1.45 bits per heavy atom. The Morgan fingerprint density at radius 2 is 2.35 bits per heavy atom. The second-order valence-electron chi connectivity index (χ2n) is 4.08. The van der Waals surface area contributed by atoms with E-state index in [1.165, 1.54) is 17.9 Å². The maximum atomic E-state index is 5.93. The van der Waals surface area contributed by atoms with Crippen LogP contribution in [0.4, 0.5) is 10.8 Å². The van der Waals surface area contributed by atoms with Gasteiger partial charge in [-0.15, -0.1) is 11.3 Å². The van der Waals surface area contributed by atoms with Crippen LogP contribution in [0.3, 0.4) is 0 Å². The summed E-state index contributed by atoms with van der Waals surface area (Å²) in [6.07, 6.45) is 2.04. The van der Waals surface area contributed by atoms with Crippen LogP contribution >= 0.6 is 22.9 Å². The molecule has 0 saturated carbocycles. The lowest BCUT2D eigenvalue weighted by molar-refractivity contribution is 0.380. The highest BCUT2D eigenvalue weighted by Crippen LogP contribution is 2.38. The first kappa shape index (κ1) is 13.0. The van der Waals surface area contributed by atoms with Gasteiger partial charge in [0, 0.05) is 24.0 Å². The molecule has 0 aliphatic carbocycles. The zero-order valence-electron chi connectivity index (χ0n) is 10.7. The molecule has 0 aliphatic heterocycles.